The van der Waals surface area contributed by atoms with Gasteiger partial charge in [-0.05, 0) is 76.2 Å². The van der Waals surface area contributed by atoms with Gasteiger partial charge in [0.1, 0.15) is 17.9 Å². The zero-order chi connectivity index (χ0) is 36.2. The van der Waals surface area contributed by atoms with Crippen molar-refractivity contribution in [3.8, 4) is 11.1 Å². The topological polar surface area (TPSA) is 109 Å². The molecular weight excluding hydrogens is 641 g/mol. The third kappa shape index (κ3) is 9.61. The first-order valence-corrected chi connectivity index (χ1v) is 16.8. The van der Waals surface area contributed by atoms with Gasteiger partial charge in [0.05, 0.1) is 0 Å². The van der Waals surface area contributed by atoms with E-state index in [1.807, 2.05) is 72.8 Å². The molecule has 8 nitrogen and oxygen atoms in total. The smallest absolute Gasteiger partial charge is 0.254 e. The van der Waals surface area contributed by atoms with E-state index < -0.39 is 29.7 Å². The van der Waals surface area contributed by atoms with Gasteiger partial charge in [-0.2, -0.15) is 0 Å². The molecule has 0 aliphatic heterocycles. The summed E-state index contributed by atoms with van der Waals surface area (Å²) in [5, 5.41) is 2.97. The monoisotopic (exact) mass is 683 g/mol. The average molecular weight is 684 g/mol. The maximum Gasteiger partial charge on any atom is 0.254 e. The number of amides is 3. The number of halogens is 1. The predicted molar refractivity (Wildman–Crippen MR) is 198 cm³/mol. The molecule has 2 atom stereocenters. The lowest BCUT2D eigenvalue weighted by molar-refractivity contribution is -0.140. The number of nitrogens with zero attached hydrogens (tertiary/aromatic N) is 3. The minimum Gasteiger partial charge on any atom is -0.354 e. The van der Waals surface area contributed by atoms with Crippen LogP contribution in [-0.2, 0) is 35.4 Å². The summed E-state index contributed by atoms with van der Waals surface area (Å²) in [5.74, 6) is -1.67. The highest BCUT2D eigenvalue weighted by molar-refractivity contribution is 5.99. The summed E-state index contributed by atoms with van der Waals surface area (Å²) in [4.78, 5) is 49.4. The molecule has 0 saturated carbocycles. The van der Waals surface area contributed by atoms with Gasteiger partial charge in [0, 0.05) is 57.1 Å². The number of aromatic nitrogens is 1. The summed E-state index contributed by atoms with van der Waals surface area (Å²) in [6, 6.07) is 32.3. The fourth-order valence-corrected chi connectivity index (χ4v) is 5.95. The third-order valence-corrected chi connectivity index (χ3v) is 8.87. The molecule has 3 N–H and O–H groups in total. The zero-order valence-corrected chi connectivity index (χ0v) is 28.6. The fourth-order valence-electron chi connectivity index (χ4n) is 5.95. The number of nitrogens with two attached hydrogens (primary N) is 1. The van der Waals surface area contributed by atoms with Crippen LogP contribution in [0.2, 0.25) is 0 Å². The first-order valence-electron chi connectivity index (χ1n) is 16.8. The normalized spacial score (nSPS) is 12.0. The van der Waals surface area contributed by atoms with Crippen molar-refractivity contribution < 1.29 is 18.8 Å². The Morgan fingerprint density at radius 2 is 1.41 bits per heavy atom. The molecule has 1 heterocycles. The van der Waals surface area contributed by atoms with Gasteiger partial charge in [-0.1, -0.05) is 85.4 Å². The summed E-state index contributed by atoms with van der Waals surface area (Å²) in [6.45, 7) is 4.50. The lowest BCUT2D eigenvalue weighted by atomic mass is 9.97. The molecule has 260 valence electrons. The van der Waals surface area contributed by atoms with E-state index in [1.54, 1.807) is 49.8 Å². The van der Waals surface area contributed by atoms with Crippen LogP contribution in [0.4, 0.5) is 4.39 Å². The van der Waals surface area contributed by atoms with E-state index in [-0.39, 0.29) is 25.3 Å². The van der Waals surface area contributed by atoms with Crippen LogP contribution in [0.1, 0.15) is 32.6 Å². The van der Waals surface area contributed by atoms with E-state index in [0.29, 0.717) is 24.1 Å². The number of nitrogens with one attached hydrogen (secondary N) is 1. The number of carbonyl (C=O) groups is 3. The summed E-state index contributed by atoms with van der Waals surface area (Å²) in [6.07, 6.45) is 5.52. The van der Waals surface area contributed by atoms with E-state index in [2.05, 4.69) is 16.9 Å². The van der Waals surface area contributed by atoms with Crippen molar-refractivity contribution in [2.24, 2.45) is 5.73 Å². The van der Waals surface area contributed by atoms with Crippen LogP contribution in [0, 0.1) is 5.82 Å². The minimum absolute atomic E-state index is 0.0911. The van der Waals surface area contributed by atoms with Crippen molar-refractivity contribution in [3.05, 3.63) is 174 Å². The van der Waals surface area contributed by atoms with Crippen LogP contribution in [0.15, 0.2) is 140 Å². The molecule has 4 aromatic carbocycles. The molecule has 0 aliphatic rings. The standard InChI is InChI=1S/C42H42FN5O3/c1-3-48(38(27-32-14-18-37(43)19-15-32)40(49)46-25-22-30-20-23-45-24-21-30)42(51)39(47(2)41(50)36-11-7-8-33(26-36)29-44)28-31-12-16-35(17-13-31)34-9-5-4-6-10-34/h3-21,23-24,26,38-39H,1,22,25,27-29,44H2,2H3,(H,46,49)/t38-,39-/m1/s1. The van der Waals surface area contributed by atoms with Gasteiger partial charge < -0.3 is 20.9 Å². The molecule has 3 amide bonds. The number of benzene rings is 4. The van der Waals surface area contributed by atoms with Gasteiger partial charge in [0.2, 0.25) is 11.8 Å². The number of carbonyl (C=O) groups excluding carboxylic acids is 3. The Balaban J connectivity index is 1.46. The molecule has 5 rings (SSSR count). The first-order chi connectivity index (χ1) is 24.8. The number of hydrogen-bond donors (Lipinski definition) is 2. The third-order valence-electron chi connectivity index (χ3n) is 8.87. The Labute approximate surface area is 298 Å². The molecular formula is C42H42FN5O3. The maximum atomic E-state index is 14.7. The van der Waals surface area contributed by atoms with Crippen LogP contribution in [0.25, 0.3) is 11.1 Å². The van der Waals surface area contributed by atoms with Gasteiger partial charge in [-0.25, -0.2) is 4.39 Å². The molecule has 0 radical (unpaired) electrons. The molecule has 5 aromatic rings. The Bertz CT molecular complexity index is 1920. The average Bonchev–Trinajstić information content (AvgIpc) is 3.18. The highest BCUT2D eigenvalue weighted by Gasteiger charge is 2.36. The van der Waals surface area contributed by atoms with Crippen molar-refractivity contribution >= 4 is 17.7 Å². The Hall–Kier alpha value is -5.93. The molecule has 0 spiro atoms. The van der Waals surface area contributed by atoms with Crippen LogP contribution in [0.5, 0.6) is 0 Å². The Morgan fingerprint density at radius 3 is 2.06 bits per heavy atom. The highest BCUT2D eigenvalue weighted by atomic mass is 19.1. The SMILES string of the molecule is C=CN(C(=O)[C@@H](Cc1ccc(-c2ccccc2)cc1)N(C)C(=O)c1cccc(CN)c1)[C@H](Cc1ccc(F)cc1)C(=O)NCCc1ccncc1. The fraction of sp³-hybridized carbons (Fsp3) is 0.190. The molecule has 0 fully saturated rings. The molecule has 0 unspecified atom stereocenters. The van der Waals surface area contributed by atoms with Crippen molar-refractivity contribution in [1.82, 2.24) is 20.1 Å². The van der Waals surface area contributed by atoms with Gasteiger partial charge in [0.25, 0.3) is 5.91 Å². The molecule has 1 aromatic heterocycles. The molecule has 51 heavy (non-hydrogen) atoms. The summed E-state index contributed by atoms with van der Waals surface area (Å²) in [5.41, 5.74) is 11.6. The first kappa shape index (κ1) is 36.4. The lowest BCUT2D eigenvalue weighted by Gasteiger charge is -2.35. The van der Waals surface area contributed by atoms with Gasteiger partial charge in [0.15, 0.2) is 0 Å². The molecule has 9 heteroatoms. The second-order valence-electron chi connectivity index (χ2n) is 12.3. The lowest BCUT2D eigenvalue weighted by Crippen LogP contribution is -2.55. The van der Waals surface area contributed by atoms with E-state index >= 15 is 0 Å². The second kappa shape index (κ2) is 17.6. The van der Waals surface area contributed by atoms with Crippen molar-refractivity contribution in [3.63, 3.8) is 0 Å². The molecule has 0 saturated heterocycles. The number of pyridine rings is 1. The summed E-state index contributed by atoms with van der Waals surface area (Å²) >= 11 is 0. The molecule has 0 aliphatic carbocycles. The van der Waals surface area contributed by atoms with Crippen LogP contribution in [-0.4, -0.2) is 58.2 Å². The summed E-state index contributed by atoms with van der Waals surface area (Å²) in [7, 11) is 1.59. The van der Waals surface area contributed by atoms with Gasteiger partial charge >= 0.3 is 0 Å². The Morgan fingerprint density at radius 1 is 0.784 bits per heavy atom. The zero-order valence-electron chi connectivity index (χ0n) is 28.6. The van der Waals surface area contributed by atoms with Crippen molar-refractivity contribution in [1.29, 1.82) is 0 Å². The van der Waals surface area contributed by atoms with Crippen molar-refractivity contribution in [2.75, 3.05) is 13.6 Å². The van der Waals surface area contributed by atoms with E-state index in [0.717, 1.165) is 27.8 Å². The quantitative estimate of drug-likeness (QED) is 0.141. The molecule has 0 bridgehead atoms. The predicted octanol–water partition coefficient (Wildman–Crippen LogP) is 5.97. The summed E-state index contributed by atoms with van der Waals surface area (Å²) < 4.78 is 13.8. The number of likely N-dealkylation sites (N-methyl/N-ethyl adjacent to an activating group) is 1. The number of hydrogen-bond acceptors (Lipinski definition) is 5. The van der Waals surface area contributed by atoms with Crippen LogP contribution in [0.3, 0.4) is 0 Å². The Kier molecular flexibility index (Phi) is 12.6. The van der Waals surface area contributed by atoms with E-state index in [9.17, 15) is 18.8 Å². The van der Waals surface area contributed by atoms with E-state index in [4.69, 9.17) is 5.73 Å². The van der Waals surface area contributed by atoms with Gasteiger partial charge in [-0.3, -0.25) is 19.4 Å². The van der Waals surface area contributed by atoms with E-state index in [1.165, 1.54) is 28.1 Å². The van der Waals surface area contributed by atoms with Crippen LogP contribution >= 0.6 is 0 Å². The van der Waals surface area contributed by atoms with Crippen molar-refractivity contribution in [2.45, 2.75) is 37.9 Å². The number of rotatable bonds is 15. The second-order valence-corrected chi connectivity index (χ2v) is 12.3. The van der Waals surface area contributed by atoms with Crippen LogP contribution < -0.4 is 11.1 Å². The largest absolute Gasteiger partial charge is 0.354 e. The maximum absolute atomic E-state index is 14.7. The minimum atomic E-state index is -1.04. The van der Waals surface area contributed by atoms with Gasteiger partial charge in [-0.15, -0.1) is 0 Å². The highest BCUT2D eigenvalue weighted by Crippen LogP contribution is 2.23.